The number of thioether (sulfide) groups is 1. The maximum absolute atomic E-state index is 13.3. The third-order valence-electron chi connectivity index (χ3n) is 4.43. The van der Waals surface area contributed by atoms with Crippen molar-refractivity contribution in [2.24, 2.45) is 5.92 Å². The fourth-order valence-corrected chi connectivity index (χ4v) is 3.17. The molecule has 0 radical (unpaired) electrons. The van der Waals surface area contributed by atoms with Gasteiger partial charge in [0, 0.05) is 28.8 Å². The van der Waals surface area contributed by atoms with E-state index in [1.54, 1.807) is 0 Å². The number of nitriles is 1. The highest BCUT2D eigenvalue weighted by molar-refractivity contribution is 8.26. The average Bonchev–Trinajstić information content (AvgIpc) is 3.61. The standard InChI is InChI=1S/C22H17F2N5O2S/c1-31-18-6-5-13(20(23)24)8-16(18)15-9-14(10-25)28-11-17(15)21(30)29-22(27)32-19(26)7-4-12-2-3-12/h5-6,8-9,11-12,20,26H,2-3H2,1H3,(H2,27,29,30). The molecule has 1 saturated carbocycles. The summed E-state index contributed by atoms with van der Waals surface area (Å²) in [5, 5.41) is 26.9. The normalized spacial score (nSPS) is 12.3. The van der Waals surface area contributed by atoms with Gasteiger partial charge in [-0.2, -0.15) is 5.26 Å². The average molecular weight is 453 g/mol. The van der Waals surface area contributed by atoms with Gasteiger partial charge in [-0.15, -0.1) is 0 Å². The molecule has 0 spiro atoms. The van der Waals surface area contributed by atoms with Crippen LogP contribution in [0.5, 0.6) is 5.75 Å². The lowest BCUT2D eigenvalue weighted by Gasteiger charge is -2.14. The molecule has 3 N–H and O–H groups in total. The maximum Gasteiger partial charge on any atom is 0.263 e. The second-order valence-electron chi connectivity index (χ2n) is 6.75. The minimum atomic E-state index is -2.75. The number of nitrogens with zero attached hydrogens (tertiary/aromatic N) is 2. The number of carbonyl (C=O) groups is 1. The van der Waals surface area contributed by atoms with Gasteiger partial charge in [0.2, 0.25) is 0 Å². The third kappa shape index (κ3) is 5.68. The van der Waals surface area contributed by atoms with E-state index in [1.165, 1.54) is 31.4 Å². The molecule has 0 saturated heterocycles. The Hall–Kier alpha value is -3.76. The molecule has 1 amide bonds. The van der Waals surface area contributed by atoms with Gasteiger partial charge in [-0.1, -0.05) is 5.92 Å². The summed E-state index contributed by atoms with van der Waals surface area (Å²) in [6.07, 6.45) is 0.392. The number of ether oxygens (including phenoxy) is 1. The number of nitrogens with one attached hydrogen (secondary N) is 3. The number of hydrogen-bond donors (Lipinski definition) is 3. The minimum absolute atomic E-state index is 0.0253. The monoisotopic (exact) mass is 453 g/mol. The van der Waals surface area contributed by atoms with Crippen molar-refractivity contribution in [3.8, 4) is 34.8 Å². The third-order valence-corrected chi connectivity index (χ3v) is 5.04. The maximum atomic E-state index is 13.3. The number of aromatic nitrogens is 1. The van der Waals surface area contributed by atoms with E-state index in [0.717, 1.165) is 19.0 Å². The van der Waals surface area contributed by atoms with Gasteiger partial charge in [-0.3, -0.25) is 15.6 Å². The van der Waals surface area contributed by atoms with Gasteiger partial charge in [-0.05, 0) is 54.8 Å². The van der Waals surface area contributed by atoms with E-state index < -0.39 is 12.3 Å². The quantitative estimate of drug-likeness (QED) is 0.361. The number of pyridine rings is 1. The molecule has 0 unspecified atom stereocenters. The first-order chi connectivity index (χ1) is 15.3. The molecule has 1 heterocycles. The molecular weight excluding hydrogens is 436 g/mol. The number of halogens is 2. The number of benzene rings is 1. The molecule has 162 valence electrons. The number of alkyl halides is 2. The van der Waals surface area contributed by atoms with Crippen LogP contribution in [0.15, 0.2) is 30.5 Å². The molecule has 0 bridgehead atoms. The molecule has 2 aromatic rings. The van der Waals surface area contributed by atoms with Crippen LogP contribution in [0, 0.1) is 39.9 Å². The number of amidine groups is 1. The lowest BCUT2D eigenvalue weighted by Crippen LogP contribution is -2.29. The molecule has 1 fully saturated rings. The van der Waals surface area contributed by atoms with Crippen molar-refractivity contribution in [3.05, 3.63) is 47.3 Å². The molecule has 3 rings (SSSR count). The van der Waals surface area contributed by atoms with Crippen LogP contribution in [0.4, 0.5) is 8.78 Å². The second kappa shape index (κ2) is 10.0. The Kier molecular flexibility index (Phi) is 7.18. The molecule has 0 atom stereocenters. The highest BCUT2D eigenvalue weighted by atomic mass is 32.2. The lowest BCUT2D eigenvalue weighted by molar-refractivity contribution is 0.0978. The van der Waals surface area contributed by atoms with E-state index in [-0.39, 0.29) is 43.9 Å². The number of carbonyl (C=O) groups excluding carboxylic acids is 1. The first-order valence-corrected chi connectivity index (χ1v) is 10.2. The summed E-state index contributed by atoms with van der Waals surface area (Å²) in [4.78, 5) is 16.7. The van der Waals surface area contributed by atoms with Gasteiger partial charge < -0.3 is 10.1 Å². The minimum Gasteiger partial charge on any atom is -0.496 e. The summed E-state index contributed by atoms with van der Waals surface area (Å²) < 4.78 is 31.8. The van der Waals surface area contributed by atoms with Gasteiger partial charge in [0.05, 0.1) is 12.7 Å². The van der Waals surface area contributed by atoms with Crippen molar-refractivity contribution in [2.45, 2.75) is 19.3 Å². The van der Waals surface area contributed by atoms with Crippen LogP contribution in [-0.4, -0.2) is 28.2 Å². The Labute approximate surface area is 187 Å². The zero-order valence-electron chi connectivity index (χ0n) is 16.8. The zero-order valence-corrected chi connectivity index (χ0v) is 17.6. The molecule has 1 aromatic heterocycles. The largest absolute Gasteiger partial charge is 0.496 e. The van der Waals surface area contributed by atoms with Crippen LogP contribution in [0.25, 0.3) is 11.1 Å². The summed E-state index contributed by atoms with van der Waals surface area (Å²) in [6, 6.07) is 6.88. The number of methoxy groups -OCH3 is 1. The van der Waals surface area contributed by atoms with Gasteiger partial charge in [0.25, 0.3) is 12.3 Å². The molecule has 32 heavy (non-hydrogen) atoms. The van der Waals surface area contributed by atoms with E-state index in [1.807, 2.05) is 6.07 Å². The van der Waals surface area contributed by atoms with Crippen LogP contribution in [0.1, 0.15) is 40.9 Å². The molecule has 7 nitrogen and oxygen atoms in total. The Morgan fingerprint density at radius 1 is 1.31 bits per heavy atom. The Morgan fingerprint density at radius 3 is 2.69 bits per heavy atom. The van der Waals surface area contributed by atoms with E-state index >= 15 is 0 Å². The van der Waals surface area contributed by atoms with Crippen molar-refractivity contribution < 1.29 is 18.3 Å². The molecule has 1 aromatic carbocycles. The molecule has 10 heteroatoms. The first kappa shape index (κ1) is 22.9. The zero-order chi connectivity index (χ0) is 23.3. The van der Waals surface area contributed by atoms with Gasteiger partial charge >= 0.3 is 0 Å². The van der Waals surface area contributed by atoms with E-state index in [2.05, 4.69) is 22.1 Å². The molecular formula is C22H17F2N5O2S. The Balaban J connectivity index is 1.91. The van der Waals surface area contributed by atoms with Crippen molar-refractivity contribution in [1.82, 2.24) is 10.3 Å². The predicted molar refractivity (Wildman–Crippen MR) is 117 cm³/mol. The highest BCUT2D eigenvalue weighted by Gasteiger charge is 2.21. The van der Waals surface area contributed by atoms with Gasteiger partial charge in [0.1, 0.15) is 22.6 Å². The fourth-order valence-electron chi connectivity index (χ4n) is 2.71. The summed E-state index contributed by atoms with van der Waals surface area (Å²) in [5.74, 6) is 5.31. The van der Waals surface area contributed by atoms with Crippen molar-refractivity contribution in [1.29, 1.82) is 16.1 Å². The van der Waals surface area contributed by atoms with E-state index in [9.17, 15) is 18.8 Å². The summed E-state index contributed by atoms with van der Waals surface area (Å²) in [6.45, 7) is 0. The van der Waals surface area contributed by atoms with E-state index in [4.69, 9.17) is 15.6 Å². The van der Waals surface area contributed by atoms with Crippen LogP contribution in [0.3, 0.4) is 0 Å². The Morgan fingerprint density at radius 2 is 2.06 bits per heavy atom. The van der Waals surface area contributed by atoms with Crippen LogP contribution in [0.2, 0.25) is 0 Å². The second-order valence-corrected chi connectivity index (χ2v) is 7.77. The van der Waals surface area contributed by atoms with Gasteiger partial charge in [-0.25, -0.2) is 13.8 Å². The smallest absolute Gasteiger partial charge is 0.263 e. The van der Waals surface area contributed by atoms with Crippen molar-refractivity contribution >= 4 is 27.9 Å². The SMILES string of the molecule is COc1ccc(C(F)F)cc1-c1cc(C#N)ncc1C(=O)NC(=N)SC(=N)C#CC1CC1. The summed E-state index contributed by atoms with van der Waals surface area (Å²) in [5.41, 5.74) is -0.0304. The predicted octanol–water partition coefficient (Wildman–Crippen LogP) is 4.35. The number of rotatable bonds is 4. The number of amides is 1. The Bertz CT molecular complexity index is 1190. The fraction of sp³-hybridized carbons (Fsp3) is 0.227. The highest BCUT2D eigenvalue weighted by Crippen LogP contribution is 2.36. The van der Waals surface area contributed by atoms with Crippen molar-refractivity contribution in [3.63, 3.8) is 0 Å². The summed E-state index contributed by atoms with van der Waals surface area (Å²) >= 11 is 0.680. The molecule has 1 aliphatic rings. The first-order valence-electron chi connectivity index (χ1n) is 9.36. The van der Waals surface area contributed by atoms with Crippen LogP contribution in [-0.2, 0) is 0 Å². The van der Waals surface area contributed by atoms with Crippen molar-refractivity contribution in [2.75, 3.05) is 7.11 Å². The van der Waals surface area contributed by atoms with Crippen LogP contribution >= 0.6 is 11.8 Å². The van der Waals surface area contributed by atoms with Gasteiger partial charge in [0.15, 0.2) is 5.17 Å². The van der Waals surface area contributed by atoms with Crippen LogP contribution < -0.4 is 10.1 Å². The topological polar surface area (TPSA) is 123 Å². The summed E-state index contributed by atoms with van der Waals surface area (Å²) in [7, 11) is 1.35. The van der Waals surface area contributed by atoms with E-state index in [0.29, 0.717) is 17.7 Å². The lowest BCUT2D eigenvalue weighted by atomic mass is 9.97. The molecule has 1 aliphatic carbocycles. The molecule has 0 aliphatic heterocycles. The number of hydrogen-bond acceptors (Lipinski definition) is 7.